The molecule has 1 atom stereocenters. The summed E-state index contributed by atoms with van der Waals surface area (Å²) < 4.78 is 24.9. The Morgan fingerprint density at radius 2 is 1.73 bits per heavy atom. The van der Waals surface area contributed by atoms with E-state index >= 15 is 0 Å². The van der Waals surface area contributed by atoms with Crippen LogP contribution in [0.4, 0.5) is 0 Å². The van der Waals surface area contributed by atoms with Crippen molar-refractivity contribution in [3.63, 3.8) is 0 Å². The Balaban J connectivity index is 4.49. The van der Waals surface area contributed by atoms with Gasteiger partial charge in [0.15, 0.2) is 0 Å². The molecule has 0 aromatic rings. The van der Waals surface area contributed by atoms with Crippen molar-refractivity contribution in [2.24, 2.45) is 0 Å². The van der Waals surface area contributed by atoms with Crippen LogP contribution in [0.5, 0.6) is 0 Å². The molecule has 0 aliphatic heterocycles. The van der Waals surface area contributed by atoms with Crippen molar-refractivity contribution in [3.8, 4) is 0 Å². The van der Waals surface area contributed by atoms with Gasteiger partial charge >= 0.3 is 7.75 Å². The molecule has 0 rings (SSSR count). The van der Waals surface area contributed by atoms with Gasteiger partial charge in [0.05, 0.1) is 13.2 Å². The molecule has 0 aliphatic carbocycles. The smallest absolute Gasteiger partial charge is 0.297 e. The molecule has 0 spiro atoms. The Kier molecular flexibility index (Phi) is 8.34. The summed E-state index contributed by atoms with van der Waals surface area (Å²) in [5.41, 5.74) is 0. The van der Waals surface area contributed by atoms with Gasteiger partial charge in [-0.3, -0.25) is 9.05 Å². The summed E-state index contributed by atoms with van der Waals surface area (Å²) in [5.74, 6) is 0. The highest BCUT2D eigenvalue weighted by Gasteiger charge is 2.31. The van der Waals surface area contributed by atoms with Crippen LogP contribution in [0.3, 0.4) is 0 Å². The quantitative estimate of drug-likeness (QED) is 0.577. The van der Waals surface area contributed by atoms with E-state index in [1.807, 2.05) is 20.8 Å². The molecule has 0 saturated heterocycles. The van der Waals surface area contributed by atoms with E-state index in [2.05, 4.69) is 6.92 Å². The highest BCUT2D eigenvalue weighted by Crippen LogP contribution is 2.51. The highest BCUT2D eigenvalue weighted by atomic mass is 31.2. The van der Waals surface area contributed by atoms with E-state index in [1.54, 1.807) is 4.67 Å². The van der Waals surface area contributed by atoms with Gasteiger partial charge in [-0.05, 0) is 19.8 Å². The molecule has 0 aliphatic rings. The van der Waals surface area contributed by atoms with Gasteiger partial charge in [0.2, 0.25) is 0 Å². The first-order valence-corrected chi connectivity index (χ1v) is 7.28. The van der Waals surface area contributed by atoms with Crippen LogP contribution >= 0.6 is 7.75 Å². The zero-order valence-corrected chi connectivity index (χ0v) is 11.3. The molecule has 0 amide bonds. The average molecular weight is 237 g/mol. The molecule has 1 unspecified atom stereocenters. The van der Waals surface area contributed by atoms with Crippen molar-refractivity contribution < 1.29 is 13.6 Å². The third kappa shape index (κ3) is 5.12. The van der Waals surface area contributed by atoms with Gasteiger partial charge in [-0.15, -0.1) is 0 Å². The maximum Gasteiger partial charge on any atom is 0.408 e. The minimum Gasteiger partial charge on any atom is -0.297 e. The third-order valence-electron chi connectivity index (χ3n) is 1.94. The van der Waals surface area contributed by atoms with Gasteiger partial charge in [0.25, 0.3) is 0 Å². The Morgan fingerprint density at radius 1 is 1.07 bits per heavy atom. The fourth-order valence-electron chi connectivity index (χ4n) is 1.28. The van der Waals surface area contributed by atoms with Crippen LogP contribution in [-0.4, -0.2) is 31.0 Å². The van der Waals surface area contributed by atoms with E-state index in [1.165, 1.54) is 0 Å². The van der Waals surface area contributed by atoms with E-state index in [9.17, 15) is 4.57 Å². The van der Waals surface area contributed by atoms with E-state index < -0.39 is 7.75 Å². The molecule has 0 N–H and O–H groups in total. The standard InChI is InChI=1S/C10H24NO3P/c1-5-9-11(7-3)15(12,13-8-4)14-10-6-2/h5-10H2,1-4H3. The number of rotatable bonds is 9. The summed E-state index contributed by atoms with van der Waals surface area (Å²) in [5, 5.41) is 0. The molecule has 0 aromatic carbocycles. The van der Waals surface area contributed by atoms with Crippen LogP contribution in [0.2, 0.25) is 0 Å². The van der Waals surface area contributed by atoms with Crippen LogP contribution in [-0.2, 0) is 13.6 Å². The van der Waals surface area contributed by atoms with Crippen LogP contribution in [0, 0.1) is 0 Å². The lowest BCUT2D eigenvalue weighted by Gasteiger charge is -2.28. The summed E-state index contributed by atoms with van der Waals surface area (Å²) in [6, 6.07) is 0. The zero-order chi connectivity index (χ0) is 11.7. The Hall–Kier alpha value is 0.110. The molecule has 92 valence electrons. The van der Waals surface area contributed by atoms with E-state index in [0.29, 0.717) is 19.8 Å². The van der Waals surface area contributed by atoms with E-state index in [4.69, 9.17) is 9.05 Å². The molecule has 0 saturated carbocycles. The minimum atomic E-state index is -3.03. The first-order valence-electron chi connectivity index (χ1n) is 5.79. The molecule has 15 heavy (non-hydrogen) atoms. The van der Waals surface area contributed by atoms with Crippen molar-refractivity contribution >= 4 is 7.75 Å². The van der Waals surface area contributed by atoms with Gasteiger partial charge in [-0.25, -0.2) is 9.24 Å². The Bertz CT molecular complexity index is 199. The van der Waals surface area contributed by atoms with Crippen molar-refractivity contribution in [2.75, 3.05) is 26.3 Å². The summed E-state index contributed by atoms with van der Waals surface area (Å²) in [6.07, 6.45) is 1.79. The van der Waals surface area contributed by atoms with E-state index in [-0.39, 0.29) is 0 Å². The normalized spacial score (nSPS) is 15.5. The first kappa shape index (κ1) is 15.1. The second-order valence-electron chi connectivity index (χ2n) is 3.27. The van der Waals surface area contributed by atoms with Crippen LogP contribution in [0.15, 0.2) is 0 Å². The average Bonchev–Trinajstić information content (AvgIpc) is 2.23. The number of hydrogen-bond donors (Lipinski definition) is 0. The Morgan fingerprint density at radius 3 is 2.13 bits per heavy atom. The lowest BCUT2D eigenvalue weighted by Crippen LogP contribution is -2.24. The molecule has 0 heterocycles. The van der Waals surface area contributed by atoms with Gasteiger partial charge in [-0.1, -0.05) is 20.8 Å². The van der Waals surface area contributed by atoms with Gasteiger partial charge in [-0.2, -0.15) is 0 Å². The number of hydrogen-bond acceptors (Lipinski definition) is 3. The van der Waals surface area contributed by atoms with Crippen LogP contribution in [0.1, 0.15) is 40.5 Å². The maximum absolute atomic E-state index is 12.4. The van der Waals surface area contributed by atoms with Crippen molar-refractivity contribution in [1.29, 1.82) is 0 Å². The molecule has 5 heteroatoms. The number of nitrogens with zero attached hydrogens (tertiary/aromatic N) is 1. The fourth-order valence-corrected chi connectivity index (χ4v) is 3.21. The van der Waals surface area contributed by atoms with Crippen LogP contribution in [0.25, 0.3) is 0 Å². The second kappa shape index (κ2) is 8.28. The van der Waals surface area contributed by atoms with Crippen LogP contribution < -0.4 is 0 Å². The molecule has 4 nitrogen and oxygen atoms in total. The fraction of sp³-hybridized carbons (Fsp3) is 1.00. The molecular weight excluding hydrogens is 213 g/mol. The lowest BCUT2D eigenvalue weighted by molar-refractivity contribution is 0.163. The lowest BCUT2D eigenvalue weighted by atomic mass is 10.5. The monoisotopic (exact) mass is 237 g/mol. The van der Waals surface area contributed by atoms with Crippen molar-refractivity contribution in [1.82, 2.24) is 4.67 Å². The summed E-state index contributed by atoms with van der Waals surface area (Å²) in [6.45, 7) is 10.2. The maximum atomic E-state index is 12.4. The second-order valence-corrected chi connectivity index (χ2v) is 5.29. The van der Waals surface area contributed by atoms with Gasteiger partial charge < -0.3 is 0 Å². The highest BCUT2D eigenvalue weighted by molar-refractivity contribution is 7.51. The zero-order valence-electron chi connectivity index (χ0n) is 10.4. The van der Waals surface area contributed by atoms with Crippen molar-refractivity contribution in [3.05, 3.63) is 0 Å². The molecule has 0 bridgehead atoms. The molecule has 0 fully saturated rings. The van der Waals surface area contributed by atoms with Crippen molar-refractivity contribution in [2.45, 2.75) is 40.5 Å². The largest absolute Gasteiger partial charge is 0.408 e. The minimum absolute atomic E-state index is 0.418. The molecule has 0 radical (unpaired) electrons. The molecular formula is C10H24NO3P. The van der Waals surface area contributed by atoms with Gasteiger partial charge in [0.1, 0.15) is 0 Å². The Labute approximate surface area is 93.5 Å². The predicted molar refractivity (Wildman–Crippen MR) is 63.0 cm³/mol. The summed E-state index contributed by atoms with van der Waals surface area (Å²) in [4.78, 5) is 0. The predicted octanol–water partition coefficient (Wildman–Crippen LogP) is 3.29. The summed E-state index contributed by atoms with van der Waals surface area (Å²) in [7, 11) is -3.03. The first-order chi connectivity index (χ1) is 7.14. The third-order valence-corrected chi connectivity index (χ3v) is 4.21. The van der Waals surface area contributed by atoms with Gasteiger partial charge in [0, 0.05) is 13.1 Å². The summed E-state index contributed by atoms with van der Waals surface area (Å²) >= 11 is 0. The SMILES string of the molecule is CCCOP(=O)(OCC)N(CC)CCC. The van der Waals surface area contributed by atoms with E-state index in [0.717, 1.165) is 19.4 Å². The molecule has 0 aromatic heterocycles. The topological polar surface area (TPSA) is 38.8 Å².